The van der Waals surface area contributed by atoms with Crippen molar-refractivity contribution in [2.75, 3.05) is 26.0 Å². The summed E-state index contributed by atoms with van der Waals surface area (Å²) in [4.78, 5) is 10.7. The highest BCUT2D eigenvalue weighted by Crippen LogP contribution is 2.17. The van der Waals surface area contributed by atoms with E-state index >= 15 is 0 Å². The minimum Gasteiger partial charge on any atom is -0.352 e. The van der Waals surface area contributed by atoms with E-state index in [9.17, 15) is 0 Å². The SMILES string of the molecule is Cc1ccnc(NCC(c2cnn(C)c2)N(C)C)n1. The van der Waals surface area contributed by atoms with E-state index < -0.39 is 0 Å². The van der Waals surface area contributed by atoms with Crippen molar-refractivity contribution in [2.24, 2.45) is 7.05 Å². The molecular formula is C13H20N6. The Labute approximate surface area is 113 Å². The molecule has 1 unspecified atom stereocenters. The van der Waals surface area contributed by atoms with Crippen molar-refractivity contribution in [1.82, 2.24) is 24.6 Å². The highest BCUT2D eigenvalue weighted by atomic mass is 15.2. The number of aromatic nitrogens is 4. The third-order valence-electron chi connectivity index (χ3n) is 2.98. The van der Waals surface area contributed by atoms with Crippen molar-refractivity contribution in [3.8, 4) is 0 Å². The van der Waals surface area contributed by atoms with Crippen LogP contribution >= 0.6 is 0 Å². The molecule has 19 heavy (non-hydrogen) atoms. The van der Waals surface area contributed by atoms with Gasteiger partial charge in [0, 0.05) is 37.2 Å². The van der Waals surface area contributed by atoms with Gasteiger partial charge in [0.25, 0.3) is 0 Å². The Kier molecular flexibility index (Phi) is 4.11. The van der Waals surface area contributed by atoms with Crippen molar-refractivity contribution in [3.63, 3.8) is 0 Å². The van der Waals surface area contributed by atoms with Gasteiger partial charge >= 0.3 is 0 Å². The van der Waals surface area contributed by atoms with E-state index in [4.69, 9.17) is 0 Å². The standard InChI is InChI=1S/C13H20N6/c1-10-5-6-14-13(17-10)15-8-12(18(2)3)11-7-16-19(4)9-11/h5-7,9,12H,8H2,1-4H3,(H,14,15,17). The second-order valence-corrected chi connectivity index (χ2v) is 4.83. The highest BCUT2D eigenvalue weighted by molar-refractivity contribution is 5.26. The van der Waals surface area contributed by atoms with Crippen molar-refractivity contribution >= 4 is 5.95 Å². The van der Waals surface area contributed by atoms with Crippen molar-refractivity contribution in [2.45, 2.75) is 13.0 Å². The Morgan fingerprint density at radius 2 is 2.21 bits per heavy atom. The maximum absolute atomic E-state index is 4.34. The van der Waals surface area contributed by atoms with Crippen LogP contribution in [0.1, 0.15) is 17.3 Å². The van der Waals surface area contributed by atoms with Gasteiger partial charge in [-0.2, -0.15) is 5.10 Å². The van der Waals surface area contributed by atoms with E-state index in [2.05, 4.69) is 39.4 Å². The summed E-state index contributed by atoms with van der Waals surface area (Å²) in [7, 11) is 6.03. The Morgan fingerprint density at radius 1 is 1.42 bits per heavy atom. The molecule has 2 rings (SSSR count). The van der Waals surface area contributed by atoms with Crippen LogP contribution in [0, 0.1) is 6.92 Å². The molecule has 2 heterocycles. The summed E-state index contributed by atoms with van der Waals surface area (Å²) in [6.45, 7) is 2.69. The summed E-state index contributed by atoms with van der Waals surface area (Å²) in [5.41, 5.74) is 2.13. The van der Waals surface area contributed by atoms with E-state index in [0.717, 1.165) is 12.2 Å². The van der Waals surface area contributed by atoms with E-state index in [1.54, 1.807) is 6.20 Å². The van der Waals surface area contributed by atoms with E-state index in [1.807, 2.05) is 37.1 Å². The lowest BCUT2D eigenvalue weighted by molar-refractivity contribution is 0.311. The van der Waals surface area contributed by atoms with Gasteiger partial charge in [0.2, 0.25) is 5.95 Å². The van der Waals surface area contributed by atoms with E-state index in [0.29, 0.717) is 5.95 Å². The summed E-state index contributed by atoms with van der Waals surface area (Å²) in [5.74, 6) is 0.663. The molecular weight excluding hydrogens is 240 g/mol. The zero-order valence-electron chi connectivity index (χ0n) is 11.8. The second-order valence-electron chi connectivity index (χ2n) is 4.83. The summed E-state index contributed by atoms with van der Waals surface area (Å²) in [6, 6.07) is 2.12. The van der Waals surface area contributed by atoms with Crippen LogP contribution in [0.5, 0.6) is 0 Å². The topological polar surface area (TPSA) is 58.9 Å². The number of likely N-dealkylation sites (N-methyl/N-ethyl adjacent to an activating group) is 1. The van der Waals surface area contributed by atoms with Crippen molar-refractivity contribution < 1.29 is 0 Å². The summed E-state index contributed by atoms with van der Waals surface area (Å²) in [6.07, 6.45) is 5.69. The first-order valence-electron chi connectivity index (χ1n) is 6.25. The molecule has 6 heteroatoms. The molecule has 0 fully saturated rings. The lowest BCUT2D eigenvalue weighted by atomic mass is 10.1. The highest BCUT2D eigenvalue weighted by Gasteiger charge is 2.15. The molecule has 1 atom stereocenters. The lowest BCUT2D eigenvalue weighted by Gasteiger charge is -2.23. The Bertz CT molecular complexity index is 533. The quantitative estimate of drug-likeness (QED) is 0.876. The molecule has 2 aromatic heterocycles. The minimum absolute atomic E-state index is 0.234. The normalized spacial score (nSPS) is 12.7. The molecule has 0 aliphatic carbocycles. The summed E-state index contributed by atoms with van der Waals surface area (Å²) >= 11 is 0. The molecule has 102 valence electrons. The number of hydrogen-bond donors (Lipinski definition) is 1. The first kappa shape index (κ1) is 13.5. The molecule has 0 bridgehead atoms. The summed E-state index contributed by atoms with van der Waals surface area (Å²) in [5, 5.41) is 7.49. The van der Waals surface area contributed by atoms with Gasteiger partial charge in [-0.05, 0) is 27.1 Å². The number of rotatable bonds is 5. The molecule has 0 radical (unpaired) electrons. The van der Waals surface area contributed by atoms with Gasteiger partial charge in [0.1, 0.15) is 0 Å². The maximum Gasteiger partial charge on any atom is 0.222 e. The van der Waals surface area contributed by atoms with E-state index in [1.165, 1.54) is 5.56 Å². The van der Waals surface area contributed by atoms with Gasteiger partial charge in [-0.1, -0.05) is 0 Å². The summed E-state index contributed by atoms with van der Waals surface area (Å²) < 4.78 is 1.81. The van der Waals surface area contributed by atoms with Crippen molar-refractivity contribution in [1.29, 1.82) is 0 Å². The first-order valence-corrected chi connectivity index (χ1v) is 6.25. The van der Waals surface area contributed by atoms with Crippen LogP contribution in [0.25, 0.3) is 0 Å². The third kappa shape index (κ3) is 3.51. The Hall–Kier alpha value is -1.95. The van der Waals surface area contributed by atoms with Gasteiger partial charge in [-0.25, -0.2) is 9.97 Å². The Morgan fingerprint density at radius 3 is 2.79 bits per heavy atom. The fraction of sp³-hybridized carbons (Fsp3) is 0.462. The third-order valence-corrected chi connectivity index (χ3v) is 2.98. The van der Waals surface area contributed by atoms with Crippen LogP contribution in [-0.4, -0.2) is 45.3 Å². The van der Waals surface area contributed by atoms with Crippen LogP contribution in [0.3, 0.4) is 0 Å². The van der Waals surface area contributed by atoms with Gasteiger partial charge < -0.3 is 10.2 Å². The molecule has 0 spiro atoms. The molecule has 2 aromatic rings. The van der Waals surface area contributed by atoms with Crippen molar-refractivity contribution in [3.05, 3.63) is 35.9 Å². The predicted molar refractivity (Wildman–Crippen MR) is 74.9 cm³/mol. The van der Waals surface area contributed by atoms with Gasteiger partial charge in [0.15, 0.2) is 0 Å². The molecule has 0 aliphatic rings. The number of hydrogen-bond acceptors (Lipinski definition) is 5. The van der Waals surface area contributed by atoms with Gasteiger partial charge in [-0.3, -0.25) is 4.68 Å². The van der Waals surface area contributed by atoms with Crippen LogP contribution in [-0.2, 0) is 7.05 Å². The number of anilines is 1. The van der Waals surface area contributed by atoms with Crippen LogP contribution in [0.2, 0.25) is 0 Å². The molecule has 1 N–H and O–H groups in total. The number of aryl methyl sites for hydroxylation is 2. The van der Waals surface area contributed by atoms with Gasteiger partial charge in [0.05, 0.1) is 12.2 Å². The second kappa shape index (κ2) is 5.79. The number of nitrogens with one attached hydrogen (secondary N) is 1. The van der Waals surface area contributed by atoms with Crippen LogP contribution in [0.4, 0.5) is 5.95 Å². The average Bonchev–Trinajstić information content (AvgIpc) is 2.76. The van der Waals surface area contributed by atoms with Crippen LogP contribution < -0.4 is 5.32 Å². The molecule has 0 aliphatic heterocycles. The van der Waals surface area contributed by atoms with Gasteiger partial charge in [-0.15, -0.1) is 0 Å². The first-order chi connectivity index (χ1) is 9.06. The molecule has 0 amide bonds. The largest absolute Gasteiger partial charge is 0.352 e. The minimum atomic E-state index is 0.234. The molecule has 6 nitrogen and oxygen atoms in total. The fourth-order valence-corrected chi connectivity index (χ4v) is 1.93. The lowest BCUT2D eigenvalue weighted by Crippen LogP contribution is -2.27. The zero-order chi connectivity index (χ0) is 13.8. The molecule has 0 saturated carbocycles. The molecule has 0 aromatic carbocycles. The average molecular weight is 260 g/mol. The zero-order valence-corrected chi connectivity index (χ0v) is 11.8. The maximum atomic E-state index is 4.34. The van der Waals surface area contributed by atoms with Crippen LogP contribution in [0.15, 0.2) is 24.7 Å². The smallest absolute Gasteiger partial charge is 0.222 e. The van der Waals surface area contributed by atoms with E-state index in [-0.39, 0.29) is 6.04 Å². The monoisotopic (exact) mass is 260 g/mol. The Balaban J connectivity index is 2.06. The molecule has 0 saturated heterocycles. The number of nitrogens with zero attached hydrogens (tertiary/aromatic N) is 5. The fourth-order valence-electron chi connectivity index (χ4n) is 1.93. The predicted octanol–water partition coefficient (Wildman–Crippen LogP) is 1.23.